The maximum atomic E-state index is 14.2. The van der Waals surface area contributed by atoms with Crippen molar-refractivity contribution in [1.29, 1.82) is 0 Å². The van der Waals surface area contributed by atoms with Gasteiger partial charge in [-0.1, -0.05) is 54.4 Å². The third kappa shape index (κ3) is 7.15. The molecule has 0 radical (unpaired) electrons. The number of hydrogen-bond donors (Lipinski definition) is 4. The molecule has 1 amide bonds. The highest BCUT2D eigenvalue weighted by Crippen LogP contribution is 2.74. The number of hydrogen-bond acceptors (Lipinski definition) is 7. The van der Waals surface area contributed by atoms with Crippen molar-refractivity contribution in [2.75, 3.05) is 39.3 Å². The number of nitrogens with one attached hydrogen (secondary N) is 1. The number of nitrogens with two attached hydrogens (primary N) is 2. The largest absolute Gasteiger partial charge is 0.462 e. The fraction of sp³-hybridized carbons (Fsp3) is 0.946. The van der Waals surface area contributed by atoms with E-state index in [1.54, 1.807) is 0 Å². The van der Waals surface area contributed by atoms with Crippen LogP contribution in [-0.2, 0) is 14.3 Å². The minimum absolute atomic E-state index is 0.0191. The van der Waals surface area contributed by atoms with Crippen molar-refractivity contribution in [3.05, 3.63) is 0 Å². The van der Waals surface area contributed by atoms with Crippen LogP contribution in [0.15, 0.2) is 0 Å². The molecule has 260 valence electrons. The number of aliphatic hydroxyl groups excluding tert-OH is 1. The van der Waals surface area contributed by atoms with Gasteiger partial charge in [-0.2, -0.15) is 0 Å². The molecule has 4 rings (SSSR count). The molecule has 0 spiro atoms. The molecule has 8 nitrogen and oxygen atoms in total. The number of esters is 1. The minimum Gasteiger partial charge on any atom is -0.462 e. The summed E-state index contributed by atoms with van der Waals surface area (Å²) in [5.74, 6) is 2.08. The lowest BCUT2D eigenvalue weighted by atomic mass is 9.37. The number of ether oxygens (including phenoxy) is 1. The summed E-state index contributed by atoms with van der Waals surface area (Å²) in [6.45, 7) is 19.8. The summed E-state index contributed by atoms with van der Waals surface area (Å²) < 4.78 is 6.25. The molecule has 6 N–H and O–H groups in total. The van der Waals surface area contributed by atoms with Crippen LogP contribution in [-0.4, -0.2) is 73.4 Å². The van der Waals surface area contributed by atoms with Crippen molar-refractivity contribution in [1.82, 2.24) is 10.2 Å². The van der Waals surface area contributed by atoms with Crippen LogP contribution in [0.2, 0.25) is 0 Å². The van der Waals surface area contributed by atoms with Crippen LogP contribution in [0.1, 0.15) is 113 Å². The van der Waals surface area contributed by atoms with Crippen molar-refractivity contribution < 1.29 is 19.4 Å². The standard InChI is InChI=1S/C37H68N4O4/c1-24(2)9-8-10-27(34(44)40-19-22-41(20-17-38)21-18-39)33-29-11-12-32-35(5)15-14-30(43)25(3)28(35)13-16-36(32,6)37(29,7)23-31(33)45-26(4)42/h24-25,27-33,43H,8-23,38-39H2,1-7H3,(H,40,44)/t25-,27-,28?,29?,30+,31-,32?,33-,35-,36-,37-/m0/s1. The van der Waals surface area contributed by atoms with E-state index in [-0.39, 0.29) is 52.2 Å². The topological polar surface area (TPSA) is 131 Å². The van der Waals surface area contributed by atoms with Gasteiger partial charge in [-0.05, 0) is 97.2 Å². The molecule has 4 fully saturated rings. The van der Waals surface area contributed by atoms with Crippen LogP contribution in [0, 0.1) is 57.7 Å². The summed E-state index contributed by atoms with van der Waals surface area (Å²) in [5, 5.41) is 14.1. The molecule has 4 aliphatic carbocycles. The summed E-state index contributed by atoms with van der Waals surface area (Å²) in [6.07, 6.45) is 9.81. The van der Waals surface area contributed by atoms with Gasteiger partial charge < -0.3 is 26.6 Å². The SMILES string of the molecule is CC(=O)O[C@H]1C[C@@]2(C)C(CCC3[C@@]4(C)CC[C@@H](O)[C@@H](C)C4CC[C@@]32C)[C@@H]1[C@H](CCCC(C)C)C(=O)NCCN(CCN)CCN. The first kappa shape index (κ1) is 36.6. The van der Waals surface area contributed by atoms with Gasteiger partial charge in [-0.25, -0.2) is 0 Å². The van der Waals surface area contributed by atoms with Crippen molar-refractivity contribution in [3.8, 4) is 0 Å². The molecule has 0 aromatic carbocycles. The molecule has 11 atom stereocenters. The van der Waals surface area contributed by atoms with Gasteiger partial charge in [0.15, 0.2) is 0 Å². The monoisotopic (exact) mass is 633 g/mol. The Labute approximate surface area is 274 Å². The summed E-state index contributed by atoms with van der Waals surface area (Å²) in [7, 11) is 0. The lowest BCUT2D eigenvalue weighted by molar-refractivity contribution is -0.203. The predicted molar refractivity (Wildman–Crippen MR) is 181 cm³/mol. The zero-order valence-corrected chi connectivity index (χ0v) is 29.8. The van der Waals surface area contributed by atoms with Crippen molar-refractivity contribution in [2.45, 2.75) is 125 Å². The van der Waals surface area contributed by atoms with E-state index in [9.17, 15) is 14.7 Å². The summed E-state index contributed by atoms with van der Waals surface area (Å²) >= 11 is 0. The fourth-order valence-electron chi connectivity index (χ4n) is 11.7. The van der Waals surface area contributed by atoms with Gasteiger partial charge in [0, 0.05) is 58.0 Å². The van der Waals surface area contributed by atoms with Crippen LogP contribution < -0.4 is 16.8 Å². The second-order valence-corrected chi connectivity index (χ2v) is 16.8. The molecule has 4 aliphatic rings. The number of carbonyl (C=O) groups excluding carboxylic acids is 2. The quantitative estimate of drug-likeness (QED) is 0.199. The number of nitrogens with zero attached hydrogens (tertiary/aromatic N) is 1. The zero-order chi connectivity index (χ0) is 33.2. The van der Waals surface area contributed by atoms with Gasteiger partial charge in [0.2, 0.25) is 5.91 Å². The molecule has 0 heterocycles. The first-order chi connectivity index (χ1) is 21.2. The fourth-order valence-corrected chi connectivity index (χ4v) is 11.7. The Bertz CT molecular complexity index is 1000. The Balaban J connectivity index is 1.63. The second-order valence-electron chi connectivity index (χ2n) is 16.8. The highest BCUT2D eigenvalue weighted by Gasteiger charge is 2.70. The first-order valence-electron chi connectivity index (χ1n) is 18.5. The number of carbonyl (C=O) groups is 2. The van der Waals surface area contributed by atoms with Crippen molar-refractivity contribution in [3.63, 3.8) is 0 Å². The Morgan fingerprint density at radius 2 is 1.64 bits per heavy atom. The predicted octanol–water partition coefficient (Wildman–Crippen LogP) is 4.96. The Kier molecular flexibility index (Phi) is 12.1. The zero-order valence-electron chi connectivity index (χ0n) is 29.8. The lowest BCUT2D eigenvalue weighted by Gasteiger charge is -2.68. The molecule has 8 heteroatoms. The molecule has 45 heavy (non-hydrogen) atoms. The average Bonchev–Trinajstić information content (AvgIpc) is 3.25. The molecule has 4 saturated carbocycles. The minimum atomic E-state index is -0.244. The molecule has 0 aliphatic heterocycles. The van der Waals surface area contributed by atoms with Gasteiger partial charge in [0.1, 0.15) is 6.10 Å². The maximum absolute atomic E-state index is 14.2. The molecule has 0 bridgehead atoms. The van der Waals surface area contributed by atoms with Crippen molar-refractivity contribution >= 4 is 11.9 Å². The van der Waals surface area contributed by atoms with Gasteiger partial charge in [-0.3, -0.25) is 14.5 Å². The average molecular weight is 633 g/mol. The number of aliphatic hydroxyl groups is 1. The van der Waals surface area contributed by atoms with E-state index >= 15 is 0 Å². The Morgan fingerprint density at radius 1 is 0.956 bits per heavy atom. The molecule has 0 saturated heterocycles. The van der Waals surface area contributed by atoms with E-state index in [2.05, 4.69) is 51.8 Å². The highest BCUT2D eigenvalue weighted by atomic mass is 16.5. The van der Waals surface area contributed by atoms with Crippen LogP contribution in [0.5, 0.6) is 0 Å². The van der Waals surface area contributed by atoms with E-state index in [0.717, 1.165) is 83.8 Å². The van der Waals surface area contributed by atoms with Crippen LogP contribution in [0.25, 0.3) is 0 Å². The first-order valence-corrected chi connectivity index (χ1v) is 18.5. The van der Waals surface area contributed by atoms with Gasteiger partial charge in [0.05, 0.1) is 6.10 Å². The van der Waals surface area contributed by atoms with E-state index in [1.165, 1.54) is 6.92 Å². The molecular formula is C37H68N4O4. The van der Waals surface area contributed by atoms with Gasteiger partial charge >= 0.3 is 5.97 Å². The Hall–Kier alpha value is -1.22. The van der Waals surface area contributed by atoms with E-state index in [4.69, 9.17) is 16.2 Å². The Morgan fingerprint density at radius 3 is 2.27 bits per heavy atom. The summed E-state index contributed by atoms with van der Waals surface area (Å²) in [4.78, 5) is 29.1. The number of amides is 1. The second kappa shape index (κ2) is 14.9. The molecule has 0 aromatic rings. The molecule has 0 aromatic heterocycles. The van der Waals surface area contributed by atoms with Crippen LogP contribution in [0.3, 0.4) is 0 Å². The van der Waals surface area contributed by atoms with Crippen LogP contribution >= 0.6 is 0 Å². The molecule has 3 unspecified atom stereocenters. The van der Waals surface area contributed by atoms with E-state index in [1.807, 2.05) is 0 Å². The number of fused-ring (bicyclic) bond motifs is 5. The van der Waals surface area contributed by atoms with E-state index in [0.29, 0.717) is 49.2 Å². The normalized spacial score (nSPS) is 40.0. The molecular weight excluding hydrogens is 564 g/mol. The van der Waals surface area contributed by atoms with Gasteiger partial charge in [0.25, 0.3) is 0 Å². The third-order valence-electron chi connectivity index (χ3n) is 14.0. The van der Waals surface area contributed by atoms with Gasteiger partial charge in [-0.15, -0.1) is 0 Å². The summed E-state index contributed by atoms with van der Waals surface area (Å²) in [6, 6.07) is 0. The maximum Gasteiger partial charge on any atom is 0.302 e. The number of rotatable bonds is 14. The summed E-state index contributed by atoms with van der Waals surface area (Å²) in [5.41, 5.74) is 11.9. The van der Waals surface area contributed by atoms with Crippen molar-refractivity contribution in [2.24, 2.45) is 69.1 Å². The smallest absolute Gasteiger partial charge is 0.302 e. The van der Waals surface area contributed by atoms with E-state index < -0.39 is 0 Å². The van der Waals surface area contributed by atoms with Crippen LogP contribution in [0.4, 0.5) is 0 Å². The highest BCUT2D eigenvalue weighted by molar-refractivity contribution is 5.79. The third-order valence-corrected chi connectivity index (χ3v) is 14.0. The lowest BCUT2D eigenvalue weighted by Crippen LogP contribution is -2.62.